The molecule has 0 saturated carbocycles. The smallest absolute Gasteiger partial charge is 0.354 e. The number of carbonyl (C=O) groups is 2. The zero-order chi connectivity index (χ0) is 14.7. The molecule has 0 unspecified atom stereocenters. The van der Waals surface area contributed by atoms with E-state index in [0.717, 1.165) is 5.56 Å². The van der Waals surface area contributed by atoms with E-state index in [1.54, 1.807) is 24.3 Å². The number of hydrogen-bond donors (Lipinski definition) is 2. The Hall–Kier alpha value is -2.28. The Morgan fingerprint density at radius 2 is 2.20 bits per heavy atom. The Bertz CT molecular complexity index is 666. The van der Waals surface area contributed by atoms with Crippen molar-refractivity contribution >= 4 is 24.6 Å². The molecule has 0 radical (unpaired) electrons. The molecule has 1 N–H and O–H groups in total. The van der Waals surface area contributed by atoms with Crippen molar-refractivity contribution in [2.45, 2.75) is 18.6 Å². The van der Waals surface area contributed by atoms with E-state index in [-0.39, 0.29) is 12.2 Å². The van der Waals surface area contributed by atoms with E-state index in [4.69, 9.17) is 9.84 Å². The fourth-order valence-electron chi connectivity index (χ4n) is 1.75. The van der Waals surface area contributed by atoms with E-state index in [9.17, 15) is 9.59 Å². The highest BCUT2D eigenvalue weighted by Crippen LogP contribution is 2.17. The van der Waals surface area contributed by atoms with Crippen LogP contribution in [0.4, 0.5) is 0 Å². The summed E-state index contributed by atoms with van der Waals surface area (Å²) in [7, 11) is 0. The molecule has 0 atom stereocenters. The van der Waals surface area contributed by atoms with Crippen molar-refractivity contribution in [3.05, 3.63) is 41.7 Å². The summed E-state index contributed by atoms with van der Waals surface area (Å²) in [5, 5.41) is 9.37. The summed E-state index contributed by atoms with van der Waals surface area (Å²) in [6.07, 6.45) is 1.25. The molecule has 1 aromatic carbocycles. The second-order valence-electron chi connectivity index (χ2n) is 4.08. The fourth-order valence-corrected chi connectivity index (χ4v) is 1.98. The van der Waals surface area contributed by atoms with Gasteiger partial charge in [-0.15, -0.1) is 12.6 Å². The number of carboxylic acid groups (broad SMARTS) is 1. The molecule has 2 rings (SSSR count). The molecule has 104 valence electrons. The van der Waals surface area contributed by atoms with Gasteiger partial charge in [0.2, 0.25) is 0 Å². The number of thiol groups is 1. The molecule has 0 aliphatic carbocycles. The van der Waals surface area contributed by atoms with Gasteiger partial charge in [-0.2, -0.15) is 0 Å². The van der Waals surface area contributed by atoms with Gasteiger partial charge in [-0.3, -0.25) is 4.79 Å². The van der Waals surface area contributed by atoms with Crippen molar-refractivity contribution in [1.82, 2.24) is 9.55 Å². The number of carboxylic acids is 1. The number of benzene rings is 1. The van der Waals surface area contributed by atoms with Crippen molar-refractivity contribution in [3.8, 4) is 5.75 Å². The third-order valence-corrected chi connectivity index (χ3v) is 2.91. The molecule has 0 bridgehead atoms. The molecule has 0 aliphatic rings. The lowest BCUT2D eigenvalue weighted by molar-refractivity contribution is -0.131. The second-order valence-corrected chi connectivity index (χ2v) is 4.48. The molecule has 0 spiro atoms. The lowest BCUT2D eigenvalue weighted by atomic mass is 10.2. The van der Waals surface area contributed by atoms with Crippen molar-refractivity contribution in [2.24, 2.45) is 0 Å². The zero-order valence-corrected chi connectivity index (χ0v) is 11.5. The predicted molar refractivity (Wildman–Crippen MR) is 73.3 cm³/mol. The number of rotatable bonds is 4. The van der Waals surface area contributed by atoms with Gasteiger partial charge in [-0.25, -0.2) is 9.78 Å². The van der Waals surface area contributed by atoms with Gasteiger partial charge >= 0.3 is 11.9 Å². The molecule has 2 aromatic rings. The Kier molecular flexibility index (Phi) is 4.09. The molecule has 0 amide bonds. The fraction of sp³-hybridized carbons (Fsp3) is 0.154. The Morgan fingerprint density at radius 3 is 2.85 bits per heavy atom. The number of esters is 1. The van der Waals surface area contributed by atoms with Crippen LogP contribution in [0.3, 0.4) is 0 Å². The SMILES string of the molecule is CC(=O)Oc1cccc(Cn2c(C(=O)O)cnc2S)c1. The van der Waals surface area contributed by atoms with Gasteiger partial charge in [0.25, 0.3) is 0 Å². The molecular formula is C13H12N2O4S. The van der Waals surface area contributed by atoms with Crippen LogP contribution in [0.2, 0.25) is 0 Å². The highest BCUT2D eigenvalue weighted by molar-refractivity contribution is 7.80. The van der Waals surface area contributed by atoms with Gasteiger partial charge < -0.3 is 14.4 Å². The topological polar surface area (TPSA) is 81.4 Å². The third-order valence-electron chi connectivity index (χ3n) is 2.55. The van der Waals surface area contributed by atoms with Gasteiger partial charge in [-0.05, 0) is 17.7 Å². The van der Waals surface area contributed by atoms with Crippen molar-refractivity contribution < 1.29 is 19.4 Å². The third kappa shape index (κ3) is 3.18. The molecule has 7 heteroatoms. The molecule has 20 heavy (non-hydrogen) atoms. The minimum atomic E-state index is -1.08. The lowest BCUT2D eigenvalue weighted by Gasteiger charge is -2.09. The number of nitrogens with zero attached hydrogens (tertiary/aromatic N) is 2. The molecular weight excluding hydrogens is 280 g/mol. The van der Waals surface area contributed by atoms with E-state index >= 15 is 0 Å². The summed E-state index contributed by atoms with van der Waals surface area (Å²) >= 11 is 4.13. The quantitative estimate of drug-likeness (QED) is 0.510. The zero-order valence-electron chi connectivity index (χ0n) is 10.6. The van der Waals surface area contributed by atoms with Gasteiger partial charge in [0.15, 0.2) is 5.16 Å². The summed E-state index contributed by atoms with van der Waals surface area (Å²) in [5.41, 5.74) is 0.826. The first kappa shape index (κ1) is 14.1. The maximum atomic E-state index is 11.1. The normalized spacial score (nSPS) is 10.3. The van der Waals surface area contributed by atoms with Crippen LogP contribution in [0.5, 0.6) is 5.75 Å². The van der Waals surface area contributed by atoms with Crippen LogP contribution in [0.15, 0.2) is 35.6 Å². The summed E-state index contributed by atoms with van der Waals surface area (Å²) in [6.45, 7) is 1.59. The van der Waals surface area contributed by atoms with E-state index in [0.29, 0.717) is 10.9 Å². The molecule has 1 aromatic heterocycles. The molecule has 1 heterocycles. The first-order valence-electron chi connectivity index (χ1n) is 5.72. The number of imidazole rings is 1. The Morgan fingerprint density at radius 1 is 1.45 bits per heavy atom. The Balaban J connectivity index is 2.28. The monoisotopic (exact) mass is 292 g/mol. The average Bonchev–Trinajstić information content (AvgIpc) is 2.71. The van der Waals surface area contributed by atoms with Crippen LogP contribution in [-0.2, 0) is 11.3 Å². The summed E-state index contributed by atoms with van der Waals surface area (Å²) in [6, 6.07) is 6.84. The number of ether oxygens (including phenoxy) is 1. The summed E-state index contributed by atoms with van der Waals surface area (Å²) in [5.74, 6) is -1.08. The molecule has 0 saturated heterocycles. The van der Waals surface area contributed by atoms with E-state index in [1.165, 1.54) is 17.7 Å². The highest BCUT2D eigenvalue weighted by Gasteiger charge is 2.14. The largest absolute Gasteiger partial charge is 0.477 e. The van der Waals surface area contributed by atoms with Crippen LogP contribution in [0.1, 0.15) is 23.0 Å². The minimum Gasteiger partial charge on any atom is -0.477 e. The van der Waals surface area contributed by atoms with E-state index in [2.05, 4.69) is 17.6 Å². The second kappa shape index (κ2) is 5.79. The van der Waals surface area contributed by atoms with Crippen molar-refractivity contribution in [2.75, 3.05) is 0 Å². The van der Waals surface area contributed by atoms with Gasteiger partial charge in [0.05, 0.1) is 12.7 Å². The number of aromatic carboxylic acids is 1. The first-order valence-corrected chi connectivity index (χ1v) is 6.17. The average molecular weight is 292 g/mol. The minimum absolute atomic E-state index is 0.0490. The summed E-state index contributed by atoms with van der Waals surface area (Å²) in [4.78, 5) is 25.9. The lowest BCUT2D eigenvalue weighted by Crippen LogP contribution is -2.10. The highest BCUT2D eigenvalue weighted by atomic mass is 32.1. The van der Waals surface area contributed by atoms with Gasteiger partial charge in [0.1, 0.15) is 11.4 Å². The Labute approximate surface area is 120 Å². The van der Waals surface area contributed by atoms with Crippen LogP contribution < -0.4 is 4.74 Å². The maximum Gasteiger partial charge on any atom is 0.354 e. The van der Waals surface area contributed by atoms with E-state index in [1.807, 2.05) is 0 Å². The molecule has 0 fully saturated rings. The molecule has 6 nitrogen and oxygen atoms in total. The number of hydrogen-bond acceptors (Lipinski definition) is 5. The van der Waals surface area contributed by atoms with Gasteiger partial charge in [0, 0.05) is 6.92 Å². The van der Waals surface area contributed by atoms with Crippen LogP contribution in [-0.4, -0.2) is 26.6 Å². The van der Waals surface area contributed by atoms with Crippen molar-refractivity contribution in [1.29, 1.82) is 0 Å². The van der Waals surface area contributed by atoms with Gasteiger partial charge in [-0.1, -0.05) is 12.1 Å². The predicted octanol–water partition coefficient (Wildman–Crippen LogP) is 1.84. The standard InChI is InChI=1S/C13H12N2O4S/c1-8(16)19-10-4-2-3-9(5-10)7-15-11(12(17)18)6-14-13(15)20/h2-6H,7H2,1H3,(H,14,20)(H,17,18). The van der Waals surface area contributed by atoms with Crippen LogP contribution in [0.25, 0.3) is 0 Å². The molecule has 0 aliphatic heterocycles. The number of carbonyl (C=O) groups excluding carboxylic acids is 1. The maximum absolute atomic E-state index is 11.1. The van der Waals surface area contributed by atoms with Crippen LogP contribution in [0, 0.1) is 0 Å². The first-order chi connectivity index (χ1) is 9.47. The van der Waals surface area contributed by atoms with Crippen LogP contribution >= 0.6 is 12.6 Å². The van der Waals surface area contributed by atoms with E-state index < -0.39 is 11.9 Å². The number of aromatic nitrogens is 2. The van der Waals surface area contributed by atoms with Crippen molar-refractivity contribution in [3.63, 3.8) is 0 Å². The summed E-state index contributed by atoms with van der Waals surface area (Å²) < 4.78 is 6.44.